The molecule has 2 saturated heterocycles. The summed E-state index contributed by atoms with van der Waals surface area (Å²) in [4.78, 5) is 22.5. The van der Waals surface area contributed by atoms with Crippen LogP contribution >= 0.6 is 0 Å². The molecule has 0 spiro atoms. The lowest BCUT2D eigenvalue weighted by molar-refractivity contribution is -0.0592. The highest BCUT2D eigenvalue weighted by Gasteiger charge is 2.27. The maximum absolute atomic E-state index is 14.8. The van der Waals surface area contributed by atoms with Crippen molar-refractivity contribution in [3.05, 3.63) is 82.9 Å². The van der Waals surface area contributed by atoms with Crippen LogP contribution in [0.4, 0.5) is 17.6 Å². The van der Waals surface area contributed by atoms with Gasteiger partial charge in [0.1, 0.15) is 29.8 Å². The second kappa shape index (κ2) is 12.8. The number of alkyl halides is 2. The summed E-state index contributed by atoms with van der Waals surface area (Å²) in [7, 11) is 0. The zero-order chi connectivity index (χ0) is 30.8. The smallest absolute Gasteiger partial charge is 0.335 e. The van der Waals surface area contributed by atoms with Crippen LogP contribution in [0.1, 0.15) is 53.1 Å². The SMILES string of the molecule is O=C(O)c1cc(F)c2nc(CN3CCC(Oc4ccnc(COc5ccc(C(F)F)cc5F)c4)CC3)n(C[C@@H]3CCO3)c2c1. The normalized spacial score (nSPS) is 17.6. The van der Waals surface area contributed by atoms with Crippen molar-refractivity contribution in [1.82, 2.24) is 19.4 Å². The van der Waals surface area contributed by atoms with Gasteiger partial charge in [0.15, 0.2) is 17.4 Å². The molecule has 1 N–H and O–H groups in total. The Morgan fingerprint density at radius 2 is 1.86 bits per heavy atom. The molecular weight excluding hydrogens is 584 g/mol. The van der Waals surface area contributed by atoms with Gasteiger partial charge >= 0.3 is 5.97 Å². The summed E-state index contributed by atoms with van der Waals surface area (Å²) < 4.78 is 73.6. The molecule has 2 aliphatic rings. The monoisotopic (exact) mass is 614 g/mol. The van der Waals surface area contributed by atoms with Gasteiger partial charge in [0.05, 0.1) is 36.0 Å². The third-order valence-corrected chi connectivity index (χ3v) is 7.89. The van der Waals surface area contributed by atoms with Crippen molar-refractivity contribution in [2.45, 2.75) is 57.6 Å². The number of rotatable bonds is 11. The lowest BCUT2D eigenvalue weighted by Gasteiger charge is -2.32. The van der Waals surface area contributed by atoms with Crippen molar-refractivity contribution in [3.63, 3.8) is 0 Å². The Morgan fingerprint density at radius 3 is 2.55 bits per heavy atom. The summed E-state index contributed by atoms with van der Waals surface area (Å²) in [6.45, 7) is 2.92. The molecule has 13 heteroatoms. The summed E-state index contributed by atoms with van der Waals surface area (Å²) in [5, 5.41) is 9.43. The van der Waals surface area contributed by atoms with Crippen LogP contribution in [0.3, 0.4) is 0 Å². The largest absolute Gasteiger partial charge is 0.490 e. The number of piperidine rings is 1. The molecule has 0 saturated carbocycles. The first-order valence-electron chi connectivity index (χ1n) is 14.3. The van der Waals surface area contributed by atoms with E-state index in [4.69, 9.17) is 14.2 Å². The molecular formula is C31H30F4N4O5. The van der Waals surface area contributed by atoms with Gasteiger partial charge in [-0.2, -0.15) is 0 Å². The van der Waals surface area contributed by atoms with Gasteiger partial charge in [-0.3, -0.25) is 9.88 Å². The van der Waals surface area contributed by atoms with Gasteiger partial charge in [0.2, 0.25) is 0 Å². The Balaban J connectivity index is 1.07. The van der Waals surface area contributed by atoms with Crippen LogP contribution in [0.5, 0.6) is 11.5 Å². The van der Waals surface area contributed by atoms with E-state index in [2.05, 4.69) is 14.9 Å². The third-order valence-electron chi connectivity index (χ3n) is 7.89. The fourth-order valence-corrected chi connectivity index (χ4v) is 5.42. The van der Waals surface area contributed by atoms with Crippen molar-refractivity contribution in [2.75, 3.05) is 19.7 Å². The third kappa shape index (κ3) is 6.63. The van der Waals surface area contributed by atoms with E-state index < -0.39 is 29.6 Å². The number of aromatic nitrogens is 3. The molecule has 1 atom stereocenters. The first-order chi connectivity index (χ1) is 21.2. The number of aromatic carboxylic acids is 1. The number of imidazole rings is 1. The molecule has 4 heterocycles. The van der Waals surface area contributed by atoms with Crippen molar-refractivity contribution < 1.29 is 41.7 Å². The Morgan fingerprint density at radius 1 is 1.07 bits per heavy atom. The van der Waals surface area contributed by atoms with Gasteiger partial charge in [-0.05, 0) is 55.7 Å². The van der Waals surface area contributed by atoms with Crippen molar-refractivity contribution in [2.24, 2.45) is 0 Å². The molecule has 2 aromatic carbocycles. The minimum atomic E-state index is -2.77. The Labute approximate surface area is 250 Å². The van der Waals surface area contributed by atoms with Crippen LogP contribution in [0, 0.1) is 11.6 Å². The summed E-state index contributed by atoms with van der Waals surface area (Å²) in [6.07, 6.45) is 1.01. The summed E-state index contributed by atoms with van der Waals surface area (Å²) >= 11 is 0. The number of pyridine rings is 1. The molecule has 6 rings (SSSR count). The van der Waals surface area contributed by atoms with E-state index in [1.807, 2.05) is 4.57 Å². The average molecular weight is 615 g/mol. The maximum Gasteiger partial charge on any atom is 0.335 e. The van der Waals surface area contributed by atoms with E-state index in [-0.39, 0.29) is 35.6 Å². The molecule has 2 fully saturated rings. The Bertz CT molecular complexity index is 1650. The number of fused-ring (bicyclic) bond motifs is 1. The highest BCUT2D eigenvalue weighted by atomic mass is 19.3. The molecule has 0 radical (unpaired) electrons. The number of halogens is 4. The van der Waals surface area contributed by atoms with Gasteiger partial charge in [0.25, 0.3) is 6.43 Å². The maximum atomic E-state index is 14.8. The zero-order valence-electron chi connectivity index (χ0n) is 23.6. The van der Waals surface area contributed by atoms with Crippen LogP contribution in [0.2, 0.25) is 0 Å². The second-order valence-electron chi connectivity index (χ2n) is 10.9. The summed E-state index contributed by atoms with van der Waals surface area (Å²) in [5.41, 5.74) is 0.533. The first kappa shape index (κ1) is 29.8. The van der Waals surface area contributed by atoms with E-state index in [1.165, 1.54) is 12.1 Å². The van der Waals surface area contributed by atoms with Crippen LogP contribution < -0.4 is 9.47 Å². The summed E-state index contributed by atoms with van der Waals surface area (Å²) in [6, 6.07) is 8.92. The van der Waals surface area contributed by atoms with Crippen molar-refractivity contribution in [3.8, 4) is 11.5 Å². The topological polar surface area (TPSA) is 98.9 Å². The van der Waals surface area contributed by atoms with Gasteiger partial charge < -0.3 is 23.9 Å². The van der Waals surface area contributed by atoms with Gasteiger partial charge in [-0.1, -0.05) is 0 Å². The molecule has 9 nitrogen and oxygen atoms in total. The van der Waals surface area contributed by atoms with Crippen LogP contribution in [0.25, 0.3) is 11.0 Å². The number of benzene rings is 2. The zero-order valence-corrected chi connectivity index (χ0v) is 23.6. The number of likely N-dealkylation sites (tertiary alicyclic amines) is 1. The van der Waals surface area contributed by atoms with Crippen LogP contribution in [-0.4, -0.2) is 62.4 Å². The lowest BCUT2D eigenvalue weighted by Crippen LogP contribution is -2.39. The van der Waals surface area contributed by atoms with Gasteiger partial charge in [-0.25, -0.2) is 27.3 Å². The number of ether oxygens (including phenoxy) is 3. The van der Waals surface area contributed by atoms with Gasteiger partial charge in [-0.15, -0.1) is 0 Å². The van der Waals surface area contributed by atoms with E-state index in [0.29, 0.717) is 55.6 Å². The minimum absolute atomic E-state index is 0.0254. The predicted octanol–water partition coefficient (Wildman–Crippen LogP) is 5.76. The molecule has 2 aromatic heterocycles. The number of nitrogens with zero attached hydrogens (tertiary/aromatic N) is 4. The fourth-order valence-electron chi connectivity index (χ4n) is 5.42. The molecule has 232 valence electrons. The van der Waals surface area contributed by atoms with Crippen LogP contribution in [0.15, 0.2) is 48.7 Å². The number of carboxylic acids is 1. The predicted molar refractivity (Wildman–Crippen MR) is 150 cm³/mol. The van der Waals surface area contributed by atoms with Crippen molar-refractivity contribution in [1.29, 1.82) is 0 Å². The van der Waals surface area contributed by atoms with Crippen LogP contribution in [-0.2, 0) is 24.4 Å². The minimum Gasteiger partial charge on any atom is -0.490 e. The van der Waals surface area contributed by atoms with E-state index in [0.717, 1.165) is 37.5 Å². The standard InChI is InChI=1S/C31H30F4N4O5/c32-24-11-18(30(34)35)1-2-27(24)43-17-20-14-22(3-7-36-20)44-21-4-8-38(9-5-21)16-28-37-29-25(33)12-19(31(40)41)13-26(29)39(28)15-23-6-10-42-23/h1-3,7,11-14,21,23,30H,4-6,8-10,15-17H2,(H,40,41)/t23-/m0/s1. The quantitative estimate of drug-likeness (QED) is 0.213. The lowest BCUT2D eigenvalue weighted by atomic mass is 10.1. The van der Waals surface area contributed by atoms with Crippen molar-refractivity contribution >= 4 is 17.0 Å². The molecule has 0 bridgehead atoms. The number of hydrogen-bond donors (Lipinski definition) is 1. The van der Waals surface area contributed by atoms with E-state index in [9.17, 15) is 27.5 Å². The second-order valence-corrected chi connectivity index (χ2v) is 10.9. The number of carboxylic acid groups (broad SMARTS) is 1. The average Bonchev–Trinajstić information content (AvgIpc) is 3.32. The number of carbonyl (C=O) groups is 1. The van der Waals surface area contributed by atoms with E-state index >= 15 is 0 Å². The molecule has 2 aliphatic heterocycles. The molecule has 0 unspecified atom stereocenters. The highest BCUT2D eigenvalue weighted by Crippen LogP contribution is 2.28. The summed E-state index contributed by atoms with van der Waals surface area (Å²) in [5.74, 6) is -1.66. The number of hydrogen-bond acceptors (Lipinski definition) is 7. The highest BCUT2D eigenvalue weighted by molar-refractivity contribution is 5.92. The Hall–Kier alpha value is -4.23. The molecule has 4 aromatic rings. The Kier molecular flexibility index (Phi) is 8.67. The van der Waals surface area contributed by atoms with Gasteiger partial charge in [0, 0.05) is 37.5 Å². The molecule has 44 heavy (non-hydrogen) atoms. The fraction of sp³-hybridized carbons (Fsp3) is 0.387. The molecule has 0 amide bonds. The van der Waals surface area contributed by atoms with E-state index in [1.54, 1.807) is 18.3 Å². The first-order valence-corrected chi connectivity index (χ1v) is 14.3. The molecule has 0 aliphatic carbocycles.